The van der Waals surface area contributed by atoms with Gasteiger partial charge in [-0.3, -0.25) is 4.98 Å². The Labute approximate surface area is 65.9 Å². The number of nitrogens with two attached hydrogens (primary N) is 1. The van der Waals surface area contributed by atoms with Crippen molar-refractivity contribution in [3.05, 3.63) is 29.6 Å². The Morgan fingerprint density at radius 3 is 2.73 bits per heavy atom. The number of aliphatic hydroxyl groups is 1. The van der Waals surface area contributed by atoms with E-state index in [-0.39, 0.29) is 6.61 Å². The third kappa shape index (κ3) is 2.29. The maximum Gasteiger partial charge on any atom is 0.0852 e. The fourth-order valence-corrected chi connectivity index (χ4v) is 0.863. The zero-order valence-corrected chi connectivity index (χ0v) is 6.33. The molecule has 0 fully saturated rings. The van der Waals surface area contributed by atoms with E-state index >= 15 is 0 Å². The second-order valence-electron chi connectivity index (χ2n) is 2.35. The lowest BCUT2D eigenvalue weighted by atomic mass is 10.2. The van der Waals surface area contributed by atoms with Crippen LogP contribution in [0.3, 0.4) is 0 Å². The Kier molecular flexibility index (Phi) is 3.01. The van der Waals surface area contributed by atoms with Gasteiger partial charge in [0.15, 0.2) is 0 Å². The van der Waals surface area contributed by atoms with E-state index in [0.29, 0.717) is 12.2 Å². The van der Waals surface area contributed by atoms with Gasteiger partial charge in [-0.15, -0.1) is 0 Å². The molecule has 1 rings (SSSR count). The molecule has 0 saturated carbocycles. The summed E-state index contributed by atoms with van der Waals surface area (Å²) in [6.45, 7) is 0.642. The van der Waals surface area contributed by atoms with Crippen LogP contribution >= 0.6 is 0 Å². The normalized spacial score (nSPS) is 10.0. The van der Waals surface area contributed by atoms with E-state index in [9.17, 15) is 0 Å². The molecule has 3 nitrogen and oxygen atoms in total. The number of pyridine rings is 1. The molecule has 1 heterocycles. The molecule has 3 heteroatoms. The quantitative estimate of drug-likeness (QED) is 0.644. The Balaban J connectivity index is 2.66. The van der Waals surface area contributed by atoms with Crippen molar-refractivity contribution in [3.63, 3.8) is 0 Å². The molecular formula is C8H12N2O. The van der Waals surface area contributed by atoms with Crippen LogP contribution in [0.1, 0.15) is 11.3 Å². The molecule has 0 aliphatic carbocycles. The lowest BCUT2D eigenvalue weighted by Gasteiger charge is -1.98. The molecule has 0 aromatic carbocycles. The van der Waals surface area contributed by atoms with Crippen molar-refractivity contribution in [3.8, 4) is 0 Å². The minimum absolute atomic E-state index is 0.00288. The van der Waals surface area contributed by atoms with Crippen LogP contribution in [0.4, 0.5) is 0 Å². The van der Waals surface area contributed by atoms with Crippen LogP contribution in [0, 0.1) is 0 Å². The molecule has 0 aliphatic rings. The number of aromatic nitrogens is 1. The molecule has 11 heavy (non-hydrogen) atoms. The van der Waals surface area contributed by atoms with Crippen LogP contribution in [-0.2, 0) is 13.0 Å². The molecule has 60 valence electrons. The fourth-order valence-electron chi connectivity index (χ4n) is 0.863. The van der Waals surface area contributed by atoms with Crippen LogP contribution < -0.4 is 5.73 Å². The van der Waals surface area contributed by atoms with Crippen molar-refractivity contribution in [2.24, 2.45) is 5.73 Å². The smallest absolute Gasteiger partial charge is 0.0852 e. The van der Waals surface area contributed by atoms with Crippen LogP contribution in [0.15, 0.2) is 18.3 Å². The van der Waals surface area contributed by atoms with Gasteiger partial charge in [-0.2, -0.15) is 0 Å². The van der Waals surface area contributed by atoms with E-state index in [4.69, 9.17) is 10.8 Å². The van der Waals surface area contributed by atoms with Gasteiger partial charge in [0.2, 0.25) is 0 Å². The number of hydrogen-bond acceptors (Lipinski definition) is 3. The number of hydrogen-bond donors (Lipinski definition) is 2. The van der Waals surface area contributed by atoms with Crippen molar-refractivity contribution < 1.29 is 5.11 Å². The van der Waals surface area contributed by atoms with Crippen molar-refractivity contribution >= 4 is 0 Å². The van der Waals surface area contributed by atoms with Crippen LogP contribution in [0.2, 0.25) is 0 Å². The van der Waals surface area contributed by atoms with Crippen LogP contribution in [0.5, 0.6) is 0 Å². The Hall–Kier alpha value is -0.930. The van der Waals surface area contributed by atoms with Crippen LogP contribution in [-0.4, -0.2) is 16.6 Å². The predicted molar refractivity (Wildman–Crippen MR) is 42.9 cm³/mol. The summed E-state index contributed by atoms with van der Waals surface area (Å²) in [5.74, 6) is 0. The van der Waals surface area contributed by atoms with Gasteiger partial charge in [-0.1, -0.05) is 6.07 Å². The van der Waals surface area contributed by atoms with E-state index < -0.39 is 0 Å². The molecule has 0 unspecified atom stereocenters. The minimum Gasteiger partial charge on any atom is -0.390 e. The van der Waals surface area contributed by atoms with Gasteiger partial charge in [0.05, 0.1) is 12.3 Å². The third-order valence-corrected chi connectivity index (χ3v) is 1.48. The van der Waals surface area contributed by atoms with Gasteiger partial charge < -0.3 is 10.8 Å². The third-order valence-electron chi connectivity index (χ3n) is 1.48. The van der Waals surface area contributed by atoms with E-state index in [2.05, 4.69) is 4.98 Å². The SMILES string of the molecule is NCCc1ccc(CO)nc1. The monoisotopic (exact) mass is 152 g/mol. The van der Waals surface area contributed by atoms with Crippen LogP contribution in [0.25, 0.3) is 0 Å². The zero-order chi connectivity index (χ0) is 8.10. The van der Waals surface area contributed by atoms with Gasteiger partial charge in [0, 0.05) is 6.20 Å². The van der Waals surface area contributed by atoms with E-state index in [1.54, 1.807) is 6.20 Å². The maximum absolute atomic E-state index is 8.67. The van der Waals surface area contributed by atoms with Gasteiger partial charge in [-0.05, 0) is 24.6 Å². The second-order valence-corrected chi connectivity index (χ2v) is 2.35. The lowest BCUT2D eigenvalue weighted by molar-refractivity contribution is 0.277. The van der Waals surface area contributed by atoms with Gasteiger partial charge in [0.1, 0.15) is 0 Å². The molecule has 0 bridgehead atoms. The highest BCUT2D eigenvalue weighted by Crippen LogP contribution is 1.99. The van der Waals surface area contributed by atoms with E-state index in [1.807, 2.05) is 12.1 Å². The zero-order valence-electron chi connectivity index (χ0n) is 6.33. The van der Waals surface area contributed by atoms with E-state index in [1.165, 1.54) is 0 Å². The molecule has 0 amide bonds. The molecule has 3 N–H and O–H groups in total. The molecule has 1 aromatic heterocycles. The number of rotatable bonds is 3. The molecule has 0 atom stereocenters. The standard InChI is InChI=1S/C8H12N2O/c9-4-3-7-1-2-8(6-11)10-5-7/h1-2,5,11H,3-4,6,9H2. The minimum atomic E-state index is 0.00288. The highest BCUT2D eigenvalue weighted by atomic mass is 16.3. The molecule has 0 spiro atoms. The highest BCUT2D eigenvalue weighted by molar-refractivity contribution is 5.13. The second kappa shape index (κ2) is 4.05. The Morgan fingerprint density at radius 1 is 1.45 bits per heavy atom. The van der Waals surface area contributed by atoms with Crippen molar-refractivity contribution in [2.75, 3.05) is 6.54 Å². The van der Waals surface area contributed by atoms with Crippen molar-refractivity contribution in [1.29, 1.82) is 0 Å². The topological polar surface area (TPSA) is 59.1 Å². The fraction of sp³-hybridized carbons (Fsp3) is 0.375. The van der Waals surface area contributed by atoms with Gasteiger partial charge >= 0.3 is 0 Å². The highest BCUT2D eigenvalue weighted by Gasteiger charge is 1.92. The van der Waals surface area contributed by atoms with Crippen molar-refractivity contribution in [1.82, 2.24) is 4.98 Å². The van der Waals surface area contributed by atoms with E-state index in [0.717, 1.165) is 12.0 Å². The molecule has 0 saturated heterocycles. The maximum atomic E-state index is 8.67. The number of aliphatic hydroxyl groups excluding tert-OH is 1. The van der Waals surface area contributed by atoms with Gasteiger partial charge in [0.25, 0.3) is 0 Å². The Bertz CT molecular complexity index is 208. The predicted octanol–water partition coefficient (Wildman–Crippen LogP) is 0.0751. The first kappa shape index (κ1) is 8.17. The first-order valence-electron chi connectivity index (χ1n) is 3.61. The summed E-state index contributed by atoms with van der Waals surface area (Å²) in [7, 11) is 0. The first-order valence-corrected chi connectivity index (χ1v) is 3.61. The van der Waals surface area contributed by atoms with Gasteiger partial charge in [-0.25, -0.2) is 0 Å². The average molecular weight is 152 g/mol. The molecular weight excluding hydrogens is 140 g/mol. The largest absolute Gasteiger partial charge is 0.390 e. The molecule has 1 aromatic rings. The lowest BCUT2D eigenvalue weighted by Crippen LogP contribution is -2.03. The summed E-state index contributed by atoms with van der Waals surface area (Å²) in [6.07, 6.45) is 2.59. The molecule has 0 aliphatic heterocycles. The van der Waals surface area contributed by atoms with Crippen molar-refractivity contribution in [2.45, 2.75) is 13.0 Å². The Morgan fingerprint density at radius 2 is 2.27 bits per heavy atom. The summed E-state index contributed by atoms with van der Waals surface area (Å²) < 4.78 is 0. The summed E-state index contributed by atoms with van der Waals surface area (Å²) in [5.41, 5.74) is 7.17. The summed E-state index contributed by atoms with van der Waals surface area (Å²) in [5, 5.41) is 8.67. The summed E-state index contributed by atoms with van der Waals surface area (Å²) in [4.78, 5) is 4.01. The summed E-state index contributed by atoms with van der Waals surface area (Å²) >= 11 is 0. The summed E-state index contributed by atoms with van der Waals surface area (Å²) in [6, 6.07) is 3.75. The number of nitrogens with zero attached hydrogens (tertiary/aromatic N) is 1. The molecule has 0 radical (unpaired) electrons. The average Bonchev–Trinajstić information content (AvgIpc) is 2.07. The first-order chi connectivity index (χ1) is 5.36.